The maximum Gasteiger partial charge on any atom is 0.134 e. The molecule has 0 amide bonds. The van der Waals surface area contributed by atoms with Crippen molar-refractivity contribution in [2.24, 2.45) is 0 Å². The van der Waals surface area contributed by atoms with Crippen molar-refractivity contribution in [3.05, 3.63) is 22.1 Å². The zero-order valence-electron chi connectivity index (χ0n) is 6.22. The van der Waals surface area contributed by atoms with Crippen molar-refractivity contribution in [1.82, 2.24) is 4.90 Å². The summed E-state index contributed by atoms with van der Waals surface area (Å²) in [5, 5.41) is 1.56. The van der Waals surface area contributed by atoms with Gasteiger partial charge in [-0.15, -0.1) is 11.3 Å². The number of hydrogen-bond acceptors (Lipinski definition) is 2. The van der Waals surface area contributed by atoms with Crippen LogP contribution in [0.1, 0.15) is 11.3 Å². The molecule has 0 saturated carbocycles. The van der Waals surface area contributed by atoms with Gasteiger partial charge in [0.25, 0.3) is 0 Å². The quantitative estimate of drug-likeness (QED) is 0.658. The number of nitrogens with zero attached hydrogens (tertiary/aromatic N) is 1. The van der Waals surface area contributed by atoms with E-state index in [4.69, 9.17) is 0 Å². The fourth-order valence-corrected chi connectivity index (χ4v) is 1.97. The van der Waals surface area contributed by atoms with Crippen LogP contribution in [-0.4, -0.2) is 18.0 Å². The van der Waals surface area contributed by atoms with Gasteiger partial charge >= 0.3 is 0 Å². The molecule has 2 heterocycles. The smallest absolute Gasteiger partial charge is 0.134 e. The van der Waals surface area contributed by atoms with E-state index in [9.17, 15) is 4.39 Å². The lowest BCUT2D eigenvalue weighted by molar-refractivity contribution is 0.174. The van der Waals surface area contributed by atoms with Crippen molar-refractivity contribution < 1.29 is 4.39 Å². The first kappa shape index (κ1) is 7.25. The first-order valence-corrected chi connectivity index (χ1v) is 4.68. The Morgan fingerprint density at radius 1 is 1.55 bits per heavy atom. The average Bonchev–Trinajstić information content (AvgIpc) is 2.27. The van der Waals surface area contributed by atoms with Crippen molar-refractivity contribution in [2.45, 2.75) is 13.0 Å². The van der Waals surface area contributed by atoms with E-state index < -0.39 is 0 Å². The van der Waals surface area contributed by atoms with Gasteiger partial charge in [0.2, 0.25) is 0 Å². The molecule has 1 aromatic rings. The van der Waals surface area contributed by atoms with Crippen LogP contribution in [0.25, 0.3) is 0 Å². The zero-order valence-corrected chi connectivity index (χ0v) is 7.03. The van der Waals surface area contributed by atoms with Crippen LogP contribution in [0.15, 0.2) is 11.4 Å². The molecular weight excluding hydrogens is 161 g/mol. The van der Waals surface area contributed by atoms with Crippen LogP contribution in [0, 0.1) is 5.82 Å². The highest BCUT2D eigenvalue weighted by Gasteiger charge is 2.14. The van der Waals surface area contributed by atoms with E-state index in [1.54, 1.807) is 11.4 Å². The van der Waals surface area contributed by atoms with Gasteiger partial charge in [0, 0.05) is 16.8 Å². The maximum atomic E-state index is 12.5. The van der Waals surface area contributed by atoms with Crippen molar-refractivity contribution in [3.63, 3.8) is 0 Å². The van der Waals surface area contributed by atoms with E-state index >= 15 is 0 Å². The van der Waals surface area contributed by atoms with Gasteiger partial charge < -0.3 is 0 Å². The molecule has 1 nitrogen and oxygen atoms in total. The van der Waals surface area contributed by atoms with Crippen LogP contribution in [0.4, 0.5) is 4.39 Å². The molecule has 2 rings (SSSR count). The largest absolute Gasteiger partial charge is 0.298 e. The minimum atomic E-state index is -0.0921. The van der Waals surface area contributed by atoms with Crippen LogP contribution in [-0.2, 0) is 6.54 Å². The summed E-state index contributed by atoms with van der Waals surface area (Å²) in [4.78, 5) is 3.47. The maximum absolute atomic E-state index is 12.5. The Hall–Kier alpha value is -0.410. The van der Waals surface area contributed by atoms with Crippen molar-refractivity contribution in [1.29, 1.82) is 0 Å². The van der Waals surface area contributed by atoms with Crippen molar-refractivity contribution in [2.75, 3.05) is 13.1 Å². The lowest BCUT2D eigenvalue weighted by atomic mass is 10.2. The van der Waals surface area contributed by atoms with E-state index in [-0.39, 0.29) is 5.82 Å². The first-order chi connectivity index (χ1) is 5.34. The van der Waals surface area contributed by atoms with Crippen LogP contribution in [0.5, 0.6) is 0 Å². The predicted molar refractivity (Wildman–Crippen MR) is 44.2 cm³/mol. The fourth-order valence-electron chi connectivity index (χ4n) is 1.20. The number of hydrogen-bond donors (Lipinski definition) is 0. The van der Waals surface area contributed by atoms with Gasteiger partial charge in [-0.1, -0.05) is 0 Å². The third-order valence-corrected chi connectivity index (χ3v) is 2.84. The summed E-state index contributed by atoms with van der Waals surface area (Å²) in [5.41, 5.74) is 0. The summed E-state index contributed by atoms with van der Waals surface area (Å²) in [6.45, 7) is 3.30. The van der Waals surface area contributed by atoms with Gasteiger partial charge in [0.05, 0.1) is 0 Å². The highest BCUT2D eigenvalue weighted by molar-refractivity contribution is 7.09. The van der Waals surface area contributed by atoms with Crippen molar-refractivity contribution >= 4 is 11.3 Å². The summed E-state index contributed by atoms with van der Waals surface area (Å²) in [7, 11) is 0. The molecule has 1 aromatic heterocycles. The standard InChI is InChI=1S/C8H10FNS/c9-7-4-8(11-6-7)5-10-2-1-3-10/h4,6H,1-3,5H2. The van der Waals surface area contributed by atoms with Crippen LogP contribution in [0.3, 0.4) is 0 Å². The highest BCUT2D eigenvalue weighted by Crippen LogP contribution is 2.18. The third kappa shape index (κ3) is 1.60. The van der Waals surface area contributed by atoms with E-state index in [0.29, 0.717) is 0 Å². The summed E-state index contributed by atoms with van der Waals surface area (Å²) in [5.74, 6) is -0.0921. The lowest BCUT2D eigenvalue weighted by Gasteiger charge is -2.29. The number of likely N-dealkylation sites (tertiary alicyclic amines) is 1. The Labute approximate surface area is 69.5 Å². The zero-order chi connectivity index (χ0) is 7.68. The van der Waals surface area contributed by atoms with Gasteiger partial charge in [0.1, 0.15) is 5.82 Å². The van der Waals surface area contributed by atoms with Crippen LogP contribution in [0.2, 0.25) is 0 Å². The average molecular weight is 171 g/mol. The minimum absolute atomic E-state index is 0.0921. The molecule has 0 aliphatic carbocycles. The van der Waals surface area contributed by atoms with Gasteiger partial charge in [-0.25, -0.2) is 4.39 Å². The fraction of sp³-hybridized carbons (Fsp3) is 0.500. The Morgan fingerprint density at radius 3 is 2.82 bits per heavy atom. The third-order valence-electron chi connectivity index (χ3n) is 1.95. The molecule has 3 heteroatoms. The second-order valence-electron chi connectivity index (χ2n) is 2.86. The monoisotopic (exact) mass is 171 g/mol. The lowest BCUT2D eigenvalue weighted by Crippen LogP contribution is -2.35. The van der Waals surface area contributed by atoms with Crippen LogP contribution >= 0.6 is 11.3 Å². The Balaban J connectivity index is 1.95. The second-order valence-corrected chi connectivity index (χ2v) is 3.86. The summed E-state index contributed by atoms with van der Waals surface area (Å²) < 4.78 is 12.5. The van der Waals surface area contributed by atoms with Gasteiger partial charge in [-0.3, -0.25) is 4.90 Å². The van der Waals surface area contributed by atoms with Crippen molar-refractivity contribution in [3.8, 4) is 0 Å². The van der Waals surface area contributed by atoms with Gasteiger partial charge in [-0.2, -0.15) is 0 Å². The highest BCUT2D eigenvalue weighted by atomic mass is 32.1. The normalized spacial score (nSPS) is 18.3. The minimum Gasteiger partial charge on any atom is -0.298 e. The Bertz CT molecular complexity index is 242. The predicted octanol–water partition coefficient (Wildman–Crippen LogP) is 2.09. The number of rotatable bonds is 2. The molecular formula is C8H10FNS. The number of thiophene rings is 1. The Kier molecular flexibility index (Phi) is 1.92. The molecule has 0 N–H and O–H groups in total. The van der Waals surface area contributed by atoms with Gasteiger partial charge in [-0.05, 0) is 25.6 Å². The molecule has 0 radical (unpaired) electrons. The first-order valence-electron chi connectivity index (χ1n) is 3.80. The second kappa shape index (κ2) is 2.91. The molecule has 0 atom stereocenters. The van der Waals surface area contributed by atoms with Crippen LogP contribution < -0.4 is 0 Å². The molecule has 0 bridgehead atoms. The van der Waals surface area contributed by atoms with E-state index in [1.807, 2.05) is 0 Å². The number of halogens is 1. The topological polar surface area (TPSA) is 3.24 Å². The molecule has 1 aliphatic rings. The summed E-state index contributed by atoms with van der Waals surface area (Å²) in [6, 6.07) is 1.63. The summed E-state index contributed by atoms with van der Waals surface area (Å²) >= 11 is 1.51. The van der Waals surface area contributed by atoms with E-state index in [2.05, 4.69) is 4.90 Å². The molecule has 1 saturated heterocycles. The van der Waals surface area contributed by atoms with Gasteiger partial charge in [0.15, 0.2) is 0 Å². The molecule has 0 spiro atoms. The summed E-state index contributed by atoms with van der Waals surface area (Å²) in [6.07, 6.45) is 1.30. The molecule has 1 aliphatic heterocycles. The van der Waals surface area contributed by atoms with E-state index in [0.717, 1.165) is 11.4 Å². The molecule has 0 aromatic carbocycles. The molecule has 1 fully saturated rings. The molecule has 60 valence electrons. The SMILES string of the molecule is Fc1csc(CN2CCC2)c1. The molecule has 0 unspecified atom stereocenters. The molecule has 11 heavy (non-hydrogen) atoms. The van der Waals surface area contributed by atoms with E-state index in [1.165, 1.54) is 30.8 Å². The Morgan fingerprint density at radius 2 is 2.36 bits per heavy atom.